The molecule has 1 aromatic rings. The van der Waals surface area contributed by atoms with Crippen LogP contribution in [0.2, 0.25) is 0 Å². The maximum Gasteiger partial charge on any atom is 0.506 e. The van der Waals surface area contributed by atoms with Crippen LogP contribution < -0.4 is 0 Å². The van der Waals surface area contributed by atoms with E-state index in [9.17, 15) is 9.59 Å². The molecule has 0 heterocycles. The summed E-state index contributed by atoms with van der Waals surface area (Å²) in [6.07, 6.45) is -1.42. The van der Waals surface area contributed by atoms with Crippen molar-refractivity contribution in [2.24, 2.45) is 0 Å². The Kier molecular flexibility index (Phi) is 4.67. The molecule has 0 unspecified atom stereocenters. The van der Waals surface area contributed by atoms with Crippen LogP contribution in [0.5, 0.6) is 0 Å². The standard InChI is InChI=1S/C12H14O6/c1-12(2,17-11(14)15)8-16-18-10(13)9-6-4-3-5-7-9/h3-7H,8H2,1-2H3,(H,14,15). The van der Waals surface area contributed by atoms with Crippen molar-refractivity contribution < 1.29 is 29.2 Å². The van der Waals surface area contributed by atoms with Gasteiger partial charge >= 0.3 is 12.1 Å². The van der Waals surface area contributed by atoms with Crippen LogP contribution in [0.15, 0.2) is 30.3 Å². The molecule has 6 heteroatoms. The Morgan fingerprint density at radius 3 is 2.39 bits per heavy atom. The Labute approximate surface area is 104 Å². The molecule has 1 rings (SSSR count). The number of hydrogen-bond acceptors (Lipinski definition) is 5. The van der Waals surface area contributed by atoms with Gasteiger partial charge in [0.25, 0.3) is 0 Å². The fourth-order valence-corrected chi connectivity index (χ4v) is 1.11. The van der Waals surface area contributed by atoms with E-state index >= 15 is 0 Å². The van der Waals surface area contributed by atoms with Gasteiger partial charge in [-0.1, -0.05) is 18.2 Å². The lowest BCUT2D eigenvalue weighted by Gasteiger charge is -2.21. The number of rotatable bonds is 5. The van der Waals surface area contributed by atoms with Crippen LogP contribution in [0.1, 0.15) is 24.2 Å². The molecule has 0 aromatic heterocycles. The van der Waals surface area contributed by atoms with Crippen LogP contribution in [0.25, 0.3) is 0 Å². The van der Waals surface area contributed by atoms with Gasteiger partial charge in [-0.3, -0.25) is 4.89 Å². The normalized spacial score (nSPS) is 10.8. The molecule has 0 bridgehead atoms. The second-order valence-corrected chi connectivity index (χ2v) is 4.13. The van der Waals surface area contributed by atoms with Gasteiger partial charge < -0.3 is 9.84 Å². The number of carboxylic acid groups (broad SMARTS) is 1. The summed E-state index contributed by atoms with van der Waals surface area (Å²) in [5, 5.41) is 8.45. The highest BCUT2D eigenvalue weighted by Crippen LogP contribution is 2.11. The lowest BCUT2D eigenvalue weighted by molar-refractivity contribution is -0.265. The molecule has 0 amide bonds. The van der Waals surface area contributed by atoms with Crippen LogP contribution in [-0.4, -0.2) is 29.4 Å². The Balaban J connectivity index is 2.38. The first-order valence-corrected chi connectivity index (χ1v) is 5.21. The molecule has 1 N–H and O–H groups in total. The molecular formula is C12H14O6. The molecule has 0 fully saturated rings. The number of carbonyl (C=O) groups excluding carboxylic acids is 1. The number of benzene rings is 1. The van der Waals surface area contributed by atoms with Crippen molar-refractivity contribution in [1.29, 1.82) is 0 Å². The van der Waals surface area contributed by atoms with E-state index in [4.69, 9.17) is 5.11 Å². The molecule has 0 aliphatic heterocycles. The summed E-state index contributed by atoms with van der Waals surface area (Å²) in [5.74, 6) is -0.651. The quantitative estimate of drug-likeness (QED) is 0.493. The molecule has 0 aliphatic carbocycles. The van der Waals surface area contributed by atoms with Gasteiger partial charge in [-0.15, -0.1) is 0 Å². The van der Waals surface area contributed by atoms with Crippen LogP contribution in [0, 0.1) is 0 Å². The minimum absolute atomic E-state index is 0.197. The van der Waals surface area contributed by atoms with E-state index in [1.54, 1.807) is 30.3 Å². The predicted octanol–water partition coefficient (Wildman–Crippen LogP) is 2.25. The molecule has 0 spiro atoms. The second kappa shape index (κ2) is 6.02. The Hall–Kier alpha value is -2.08. The third-order valence-electron chi connectivity index (χ3n) is 1.91. The average Bonchev–Trinajstić information content (AvgIpc) is 2.28. The third kappa shape index (κ3) is 4.84. The zero-order chi connectivity index (χ0) is 13.6. The summed E-state index contributed by atoms with van der Waals surface area (Å²) < 4.78 is 4.53. The molecule has 6 nitrogen and oxygen atoms in total. The van der Waals surface area contributed by atoms with E-state index in [1.165, 1.54) is 13.8 Å². The first-order chi connectivity index (χ1) is 8.41. The molecule has 0 saturated carbocycles. The van der Waals surface area contributed by atoms with Crippen LogP contribution in [0.4, 0.5) is 4.79 Å². The summed E-state index contributed by atoms with van der Waals surface area (Å²) in [7, 11) is 0. The van der Waals surface area contributed by atoms with Crippen molar-refractivity contribution in [2.75, 3.05) is 6.61 Å². The Morgan fingerprint density at radius 1 is 1.22 bits per heavy atom. The zero-order valence-corrected chi connectivity index (χ0v) is 10.1. The van der Waals surface area contributed by atoms with Gasteiger partial charge in [0.1, 0.15) is 12.2 Å². The topological polar surface area (TPSA) is 82.1 Å². The molecule has 98 valence electrons. The average molecular weight is 254 g/mol. The highest BCUT2D eigenvalue weighted by atomic mass is 17.2. The Morgan fingerprint density at radius 2 is 1.83 bits per heavy atom. The molecule has 1 aromatic carbocycles. The van der Waals surface area contributed by atoms with Gasteiger partial charge in [0.15, 0.2) is 0 Å². The second-order valence-electron chi connectivity index (χ2n) is 4.13. The Bertz CT molecular complexity index is 412. The van der Waals surface area contributed by atoms with Crippen LogP contribution in [-0.2, 0) is 14.5 Å². The van der Waals surface area contributed by atoms with E-state index in [0.717, 1.165) is 0 Å². The number of carbonyl (C=O) groups is 2. The molecule has 0 aliphatic rings. The first-order valence-electron chi connectivity index (χ1n) is 5.21. The summed E-state index contributed by atoms with van der Waals surface area (Å²) in [5.41, 5.74) is -0.752. The van der Waals surface area contributed by atoms with Crippen molar-refractivity contribution in [3.63, 3.8) is 0 Å². The number of hydrogen-bond donors (Lipinski definition) is 1. The lowest BCUT2D eigenvalue weighted by atomic mass is 10.2. The van der Waals surface area contributed by atoms with E-state index in [0.29, 0.717) is 5.56 Å². The van der Waals surface area contributed by atoms with Crippen LogP contribution >= 0.6 is 0 Å². The van der Waals surface area contributed by atoms with Crippen molar-refractivity contribution in [3.05, 3.63) is 35.9 Å². The SMILES string of the molecule is CC(C)(COOC(=O)c1ccccc1)OC(=O)O. The minimum atomic E-state index is -1.42. The molecule has 18 heavy (non-hydrogen) atoms. The molecule has 0 atom stereocenters. The van der Waals surface area contributed by atoms with Gasteiger partial charge in [-0.2, -0.15) is 4.89 Å². The molecular weight excluding hydrogens is 240 g/mol. The van der Waals surface area contributed by atoms with Gasteiger partial charge in [0.2, 0.25) is 0 Å². The van der Waals surface area contributed by atoms with E-state index in [1.807, 2.05) is 0 Å². The monoisotopic (exact) mass is 254 g/mol. The molecule has 0 saturated heterocycles. The van der Waals surface area contributed by atoms with E-state index in [-0.39, 0.29) is 6.61 Å². The fraction of sp³-hybridized carbons (Fsp3) is 0.333. The highest BCUT2D eigenvalue weighted by Gasteiger charge is 2.24. The largest absolute Gasteiger partial charge is 0.506 e. The fourth-order valence-electron chi connectivity index (χ4n) is 1.11. The summed E-state index contributed by atoms with van der Waals surface area (Å²) in [6.45, 7) is 2.80. The summed E-state index contributed by atoms with van der Waals surface area (Å²) in [6, 6.07) is 8.29. The highest BCUT2D eigenvalue weighted by molar-refractivity contribution is 5.88. The van der Waals surface area contributed by atoms with E-state index < -0.39 is 17.7 Å². The first kappa shape index (κ1) is 14.0. The van der Waals surface area contributed by atoms with Gasteiger partial charge in [0, 0.05) is 0 Å². The third-order valence-corrected chi connectivity index (χ3v) is 1.91. The van der Waals surface area contributed by atoms with Gasteiger partial charge in [0.05, 0.1) is 5.56 Å². The smallest absolute Gasteiger partial charge is 0.450 e. The maximum absolute atomic E-state index is 11.4. The zero-order valence-electron chi connectivity index (χ0n) is 10.1. The van der Waals surface area contributed by atoms with Crippen molar-refractivity contribution >= 4 is 12.1 Å². The molecule has 0 radical (unpaired) electrons. The van der Waals surface area contributed by atoms with Crippen LogP contribution in [0.3, 0.4) is 0 Å². The van der Waals surface area contributed by atoms with Crippen molar-refractivity contribution in [3.8, 4) is 0 Å². The van der Waals surface area contributed by atoms with Gasteiger partial charge in [-0.25, -0.2) is 9.59 Å². The maximum atomic E-state index is 11.4. The van der Waals surface area contributed by atoms with Crippen molar-refractivity contribution in [2.45, 2.75) is 19.4 Å². The summed E-state index contributed by atoms with van der Waals surface area (Å²) in [4.78, 5) is 31.0. The number of ether oxygens (including phenoxy) is 1. The van der Waals surface area contributed by atoms with E-state index in [2.05, 4.69) is 14.5 Å². The van der Waals surface area contributed by atoms with Gasteiger partial charge in [-0.05, 0) is 26.0 Å². The summed E-state index contributed by atoms with van der Waals surface area (Å²) >= 11 is 0. The lowest BCUT2D eigenvalue weighted by Crippen LogP contribution is -2.33. The predicted molar refractivity (Wildman–Crippen MR) is 61.0 cm³/mol. The minimum Gasteiger partial charge on any atom is -0.450 e. The van der Waals surface area contributed by atoms with Crippen molar-refractivity contribution in [1.82, 2.24) is 0 Å².